The molecule has 0 aliphatic rings. The summed E-state index contributed by atoms with van der Waals surface area (Å²) in [6.45, 7) is 1.43. The second-order valence-corrected chi connectivity index (χ2v) is 7.30. The Morgan fingerprint density at radius 3 is 2.17 bits per heavy atom. The Morgan fingerprint density at radius 1 is 1.04 bits per heavy atom. The highest BCUT2D eigenvalue weighted by Crippen LogP contribution is 2.27. The van der Waals surface area contributed by atoms with E-state index in [-0.39, 0.29) is 15.8 Å². The number of hydrogen-bond donors (Lipinski definition) is 1. The molecule has 1 N–H and O–H groups in total. The third-order valence-corrected chi connectivity index (χ3v) is 5.31. The fourth-order valence-corrected chi connectivity index (χ4v) is 3.15. The number of nitrogens with one attached hydrogen (secondary N) is 1. The van der Waals surface area contributed by atoms with E-state index >= 15 is 0 Å². The van der Waals surface area contributed by atoms with E-state index in [1.807, 2.05) is 0 Å². The van der Waals surface area contributed by atoms with Gasteiger partial charge >= 0.3 is 0 Å². The fraction of sp³-hybridized carbons (Fsp3) is 0.133. The van der Waals surface area contributed by atoms with E-state index in [4.69, 9.17) is 23.2 Å². The van der Waals surface area contributed by atoms with Crippen LogP contribution in [0, 0.1) is 0 Å². The highest BCUT2D eigenvalue weighted by molar-refractivity contribution is 7.92. The summed E-state index contributed by atoms with van der Waals surface area (Å²) in [5.41, 5.74) is 0.912. The van der Waals surface area contributed by atoms with Crippen molar-refractivity contribution < 1.29 is 13.2 Å². The molecule has 2 aromatic carbocycles. The molecule has 8 heteroatoms. The highest BCUT2D eigenvalue weighted by Gasteiger charge is 2.15. The van der Waals surface area contributed by atoms with E-state index in [0.29, 0.717) is 16.4 Å². The topological polar surface area (TPSA) is 66.5 Å². The van der Waals surface area contributed by atoms with Gasteiger partial charge in [-0.3, -0.25) is 9.52 Å². The fourth-order valence-electron chi connectivity index (χ4n) is 1.80. The number of rotatable bonds is 4. The van der Waals surface area contributed by atoms with Crippen molar-refractivity contribution in [1.82, 2.24) is 0 Å². The van der Waals surface area contributed by atoms with Gasteiger partial charge in [0, 0.05) is 19.7 Å². The van der Waals surface area contributed by atoms with Gasteiger partial charge in [-0.2, -0.15) is 0 Å². The van der Waals surface area contributed by atoms with Crippen LogP contribution in [0.15, 0.2) is 47.4 Å². The standard InChI is InChI=1S/C15H14Cl2N2O3S/c1-10(20)19(2)12-4-6-13(7-5-12)23(21,22)18-11-3-8-14(16)15(17)9-11/h3-9,18H,1-2H3. The summed E-state index contributed by atoms with van der Waals surface area (Å²) < 4.78 is 27.1. The van der Waals surface area contributed by atoms with Crippen molar-refractivity contribution in [2.24, 2.45) is 0 Å². The molecule has 0 aliphatic heterocycles. The van der Waals surface area contributed by atoms with Gasteiger partial charge in [-0.05, 0) is 42.5 Å². The van der Waals surface area contributed by atoms with Crippen LogP contribution in [-0.4, -0.2) is 21.4 Å². The first kappa shape index (κ1) is 17.6. The van der Waals surface area contributed by atoms with Gasteiger partial charge < -0.3 is 4.90 Å². The van der Waals surface area contributed by atoms with Gasteiger partial charge in [-0.1, -0.05) is 23.2 Å². The predicted octanol–water partition coefficient (Wildman–Crippen LogP) is 3.78. The largest absolute Gasteiger partial charge is 0.316 e. The molecule has 122 valence electrons. The number of amides is 1. The molecule has 5 nitrogen and oxygen atoms in total. The molecule has 0 radical (unpaired) electrons. The average molecular weight is 373 g/mol. The van der Waals surface area contributed by atoms with Gasteiger partial charge in [-0.15, -0.1) is 0 Å². The van der Waals surface area contributed by atoms with Crippen LogP contribution in [0.1, 0.15) is 6.92 Å². The number of carbonyl (C=O) groups excluding carboxylic acids is 1. The second-order valence-electron chi connectivity index (χ2n) is 4.81. The van der Waals surface area contributed by atoms with Gasteiger partial charge in [-0.25, -0.2) is 8.42 Å². The van der Waals surface area contributed by atoms with E-state index in [9.17, 15) is 13.2 Å². The molecule has 0 saturated carbocycles. The number of nitrogens with zero attached hydrogens (tertiary/aromatic N) is 1. The zero-order chi connectivity index (χ0) is 17.2. The molecular weight excluding hydrogens is 359 g/mol. The summed E-state index contributed by atoms with van der Waals surface area (Å²) in [4.78, 5) is 12.8. The third-order valence-electron chi connectivity index (χ3n) is 3.18. The van der Waals surface area contributed by atoms with Crippen LogP contribution < -0.4 is 9.62 Å². The molecule has 1 amide bonds. The molecule has 2 aromatic rings. The minimum absolute atomic E-state index is 0.0734. The molecule has 0 aliphatic carbocycles. The van der Waals surface area contributed by atoms with E-state index in [1.165, 1.54) is 42.2 Å². The third kappa shape index (κ3) is 4.16. The van der Waals surface area contributed by atoms with Crippen molar-refractivity contribution in [2.75, 3.05) is 16.7 Å². The Morgan fingerprint density at radius 2 is 1.65 bits per heavy atom. The quantitative estimate of drug-likeness (QED) is 0.887. The minimum Gasteiger partial charge on any atom is -0.316 e. The van der Waals surface area contributed by atoms with Crippen molar-refractivity contribution in [2.45, 2.75) is 11.8 Å². The predicted molar refractivity (Wildman–Crippen MR) is 92.8 cm³/mol. The molecule has 23 heavy (non-hydrogen) atoms. The van der Waals surface area contributed by atoms with E-state index in [0.717, 1.165) is 0 Å². The van der Waals surface area contributed by atoms with Gasteiger partial charge in [0.1, 0.15) is 0 Å². The van der Waals surface area contributed by atoms with Crippen LogP contribution in [0.4, 0.5) is 11.4 Å². The zero-order valence-electron chi connectivity index (χ0n) is 12.4. The lowest BCUT2D eigenvalue weighted by Gasteiger charge is -2.15. The molecule has 0 heterocycles. The number of benzene rings is 2. The summed E-state index contributed by atoms with van der Waals surface area (Å²) >= 11 is 11.7. The van der Waals surface area contributed by atoms with Gasteiger partial charge in [0.25, 0.3) is 10.0 Å². The lowest BCUT2D eigenvalue weighted by Crippen LogP contribution is -2.22. The summed E-state index contributed by atoms with van der Waals surface area (Å²) in [5.74, 6) is -0.144. The molecule has 2 rings (SSSR count). The number of hydrogen-bond acceptors (Lipinski definition) is 3. The molecule has 0 unspecified atom stereocenters. The van der Waals surface area contributed by atoms with Gasteiger partial charge in [0.2, 0.25) is 5.91 Å². The Kier molecular flexibility index (Phi) is 5.19. The lowest BCUT2D eigenvalue weighted by atomic mass is 10.3. The molecule has 0 spiro atoms. The monoisotopic (exact) mass is 372 g/mol. The second kappa shape index (κ2) is 6.78. The number of carbonyl (C=O) groups is 1. The van der Waals surface area contributed by atoms with Crippen molar-refractivity contribution in [3.05, 3.63) is 52.5 Å². The molecular formula is C15H14Cl2N2O3S. The van der Waals surface area contributed by atoms with Crippen LogP contribution in [0.25, 0.3) is 0 Å². The summed E-state index contributed by atoms with van der Waals surface area (Å²) in [7, 11) is -2.15. The van der Waals surface area contributed by atoms with Crippen LogP contribution in [0.5, 0.6) is 0 Å². The maximum absolute atomic E-state index is 12.3. The van der Waals surface area contributed by atoms with Crippen LogP contribution in [0.2, 0.25) is 10.0 Å². The lowest BCUT2D eigenvalue weighted by molar-refractivity contribution is -0.116. The van der Waals surface area contributed by atoms with Gasteiger partial charge in [0.15, 0.2) is 0 Å². The Hall–Kier alpha value is -1.76. The number of anilines is 2. The summed E-state index contributed by atoms with van der Waals surface area (Å²) in [6, 6.07) is 10.4. The number of sulfonamides is 1. The first-order valence-electron chi connectivity index (χ1n) is 6.53. The highest BCUT2D eigenvalue weighted by atomic mass is 35.5. The van der Waals surface area contributed by atoms with Crippen molar-refractivity contribution >= 4 is 50.5 Å². The Bertz CT molecular complexity index is 836. The van der Waals surface area contributed by atoms with E-state index in [1.54, 1.807) is 19.2 Å². The summed E-state index contributed by atoms with van der Waals surface area (Å²) in [6.07, 6.45) is 0. The maximum Gasteiger partial charge on any atom is 0.261 e. The first-order valence-corrected chi connectivity index (χ1v) is 8.77. The summed E-state index contributed by atoms with van der Waals surface area (Å²) in [5, 5.41) is 0.594. The molecule has 0 atom stereocenters. The van der Waals surface area contributed by atoms with Gasteiger partial charge in [0.05, 0.1) is 20.6 Å². The van der Waals surface area contributed by atoms with E-state index in [2.05, 4.69) is 4.72 Å². The zero-order valence-corrected chi connectivity index (χ0v) is 14.7. The molecule has 0 bridgehead atoms. The maximum atomic E-state index is 12.3. The average Bonchev–Trinajstić information content (AvgIpc) is 2.50. The SMILES string of the molecule is CC(=O)N(C)c1ccc(S(=O)(=O)Nc2ccc(Cl)c(Cl)c2)cc1. The van der Waals surface area contributed by atoms with Crippen LogP contribution >= 0.6 is 23.2 Å². The molecule has 0 aromatic heterocycles. The Labute approximate surface area is 144 Å². The minimum atomic E-state index is -3.76. The molecule has 0 saturated heterocycles. The van der Waals surface area contributed by atoms with E-state index < -0.39 is 10.0 Å². The normalized spacial score (nSPS) is 11.1. The van der Waals surface area contributed by atoms with Crippen LogP contribution in [-0.2, 0) is 14.8 Å². The molecule has 0 fully saturated rings. The van der Waals surface area contributed by atoms with Crippen molar-refractivity contribution in [1.29, 1.82) is 0 Å². The first-order chi connectivity index (χ1) is 10.7. The smallest absolute Gasteiger partial charge is 0.261 e. The van der Waals surface area contributed by atoms with Crippen LogP contribution in [0.3, 0.4) is 0 Å². The van der Waals surface area contributed by atoms with Crippen molar-refractivity contribution in [3.63, 3.8) is 0 Å². The Balaban J connectivity index is 2.25. The van der Waals surface area contributed by atoms with Crippen molar-refractivity contribution in [3.8, 4) is 0 Å². The number of halogens is 2.